The number of rotatable bonds is 7. The highest BCUT2D eigenvalue weighted by Gasteiger charge is 2.44. The number of nitrogen functional groups attached to an aromatic ring is 1. The van der Waals surface area contributed by atoms with Crippen molar-refractivity contribution >= 4 is 35.0 Å². The zero-order chi connectivity index (χ0) is 18.0. The molecule has 11 heteroatoms. The van der Waals surface area contributed by atoms with Gasteiger partial charge in [-0.2, -0.15) is 11.8 Å². The maximum atomic E-state index is 10.5. The second-order valence-electron chi connectivity index (χ2n) is 5.79. The Hall–Kier alpha value is -1.79. The zero-order valence-electron chi connectivity index (χ0n) is 13.3. The minimum absolute atomic E-state index is 0.232. The summed E-state index contributed by atoms with van der Waals surface area (Å²) >= 11 is 1.50. The van der Waals surface area contributed by atoms with Crippen LogP contribution in [0.5, 0.6) is 0 Å². The Balaban J connectivity index is 1.67. The predicted molar refractivity (Wildman–Crippen MR) is 91.6 cm³/mol. The van der Waals surface area contributed by atoms with Crippen LogP contribution in [0.1, 0.15) is 12.6 Å². The lowest BCUT2D eigenvalue weighted by Crippen LogP contribution is -2.32. The number of fused-ring (bicyclic) bond motifs is 1. The van der Waals surface area contributed by atoms with Crippen LogP contribution < -0.4 is 11.5 Å². The first-order chi connectivity index (χ1) is 12.0. The number of anilines is 1. The van der Waals surface area contributed by atoms with Gasteiger partial charge in [0.2, 0.25) is 0 Å². The number of imidazole rings is 1. The molecule has 1 aliphatic heterocycles. The number of aliphatic hydroxyl groups excluding tert-OH is 2. The molecule has 0 amide bonds. The number of carbonyl (C=O) groups excluding carboxylic acids is 1. The monoisotopic (exact) mass is 368 g/mol. The fourth-order valence-electron chi connectivity index (χ4n) is 2.64. The highest BCUT2D eigenvalue weighted by Crippen LogP contribution is 2.33. The minimum atomic E-state index is -1.13. The highest BCUT2D eigenvalue weighted by molar-refractivity contribution is 7.99. The Morgan fingerprint density at radius 2 is 2.16 bits per heavy atom. The Kier molecular flexibility index (Phi) is 5.49. The average Bonchev–Trinajstić information content (AvgIpc) is 3.15. The van der Waals surface area contributed by atoms with E-state index < -0.39 is 30.6 Å². The van der Waals surface area contributed by atoms with E-state index in [-0.39, 0.29) is 5.82 Å². The van der Waals surface area contributed by atoms with Gasteiger partial charge in [-0.25, -0.2) is 15.0 Å². The molecule has 0 spiro atoms. The highest BCUT2D eigenvalue weighted by atomic mass is 32.2. The molecule has 0 aromatic carbocycles. The van der Waals surface area contributed by atoms with Crippen molar-refractivity contribution in [2.45, 2.75) is 37.0 Å². The molecule has 0 bridgehead atoms. The molecule has 25 heavy (non-hydrogen) atoms. The summed E-state index contributed by atoms with van der Waals surface area (Å²) in [5.74, 6) is 1.35. The molecule has 3 rings (SSSR count). The number of nitrogens with two attached hydrogens (primary N) is 2. The van der Waals surface area contributed by atoms with E-state index in [9.17, 15) is 15.0 Å². The number of aromatic nitrogens is 4. The molecule has 1 fully saturated rings. The summed E-state index contributed by atoms with van der Waals surface area (Å²) in [6.07, 6.45) is 0.452. The van der Waals surface area contributed by atoms with Crippen LogP contribution in [0.15, 0.2) is 12.7 Å². The topological polar surface area (TPSA) is 162 Å². The van der Waals surface area contributed by atoms with Crippen molar-refractivity contribution in [2.24, 2.45) is 5.73 Å². The number of hydrogen-bond donors (Lipinski definition) is 4. The molecule has 1 aliphatic rings. The summed E-state index contributed by atoms with van der Waals surface area (Å²) in [7, 11) is 0. The Morgan fingerprint density at radius 3 is 2.92 bits per heavy atom. The van der Waals surface area contributed by atoms with Crippen molar-refractivity contribution in [1.82, 2.24) is 19.5 Å². The van der Waals surface area contributed by atoms with E-state index >= 15 is 0 Å². The molecular weight excluding hydrogens is 348 g/mol. The molecular formula is C14H20N6O4S. The fraction of sp³-hybridized carbons (Fsp3) is 0.571. The summed E-state index contributed by atoms with van der Waals surface area (Å²) in [6.45, 7) is 0. The Morgan fingerprint density at radius 1 is 1.36 bits per heavy atom. The van der Waals surface area contributed by atoms with Gasteiger partial charge in [0.1, 0.15) is 30.3 Å². The van der Waals surface area contributed by atoms with Crippen molar-refractivity contribution in [2.75, 3.05) is 17.2 Å². The van der Waals surface area contributed by atoms with Crippen LogP contribution in [0.3, 0.4) is 0 Å². The van der Waals surface area contributed by atoms with E-state index in [1.54, 1.807) is 0 Å². The Bertz CT molecular complexity index is 743. The number of hydrogen-bond acceptors (Lipinski definition) is 10. The third-order valence-electron chi connectivity index (χ3n) is 4.05. The fourth-order valence-corrected chi connectivity index (χ4v) is 3.75. The van der Waals surface area contributed by atoms with Crippen LogP contribution in [0.4, 0.5) is 5.82 Å². The van der Waals surface area contributed by atoms with Crippen LogP contribution >= 0.6 is 11.8 Å². The first kappa shape index (κ1) is 18.0. The number of aliphatic hydroxyl groups is 2. The largest absolute Gasteiger partial charge is 0.387 e. The van der Waals surface area contributed by atoms with Gasteiger partial charge in [0, 0.05) is 5.75 Å². The summed E-state index contributed by atoms with van der Waals surface area (Å²) in [5, 5.41) is 20.6. The molecule has 3 heterocycles. The smallest absolute Gasteiger partial charge is 0.167 e. The first-order valence-corrected chi connectivity index (χ1v) is 8.91. The van der Waals surface area contributed by atoms with E-state index in [1.807, 2.05) is 0 Å². The van der Waals surface area contributed by atoms with Gasteiger partial charge in [0.25, 0.3) is 0 Å². The molecule has 136 valence electrons. The summed E-state index contributed by atoms with van der Waals surface area (Å²) in [4.78, 5) is 22.6. The lowest BCUT2D eigenvalue weighted by molar-refractivity contribution is -0.108. The van der Waals surface area contributed by atoms with Crippen molar-refractivity contribution in [3.8, 4) is 0 Å². The van der Waals surface area contributed by atoms with Gasteiger partial charge >= 0.3 is 0 Å². The second kappa shape index (κ2) is 7.62. The molecule has 0 aliphatic carbocycles. The van der Waals surface area contributed by atoms with Crippen LogP contribution in [0.25, 0.3) is 11.2 Å². The molecule has 6 N–H and O–H groups in total. The van der Waals surface area contributed by atoms with Crippen molar-refractivity contribution in [1.29, 1.82) is 0 Å². The number of nitrogens with zero attached hydrogens (tertiary/aromatic N) is 4. The maximum absolute atomic E-state index is 10.5. The first-order valence-electron chi connectivity index (χ1n) is 7.76. The molecule has 2 aromatic rings. The molecule has 2 aromatic heterocycles. The van der Waals surface area contributed by atoms with Gasteiger partial charge in [-0.1, -0.05) is 0 Å². The average molecular weight is 368 g/mol. The van der Waals surface area contributed by atoms with Crippen LogP contribution in [-0.4, -0.2) is 71.9 Å². The SMILES string of the molecule is Nc1ncnc2c1ncn2[C@@H]1O[C@H](CSCC[C@@H](N)C=O)C(O)[C@@H]1O. The Labute approximate surface area is 147 Å². The normalized spacial score (nSPS) is 27.6. The van der Waals surface area contributed by atoms with Gasteiger partial charge in [-0.3, -0.25) is 4.57 Å². The van der Waals surface area contributed by atoms with Crippen LogP contribution in [-0.2, 0) is 9.53 Å². The third kappa shape index (κ3) is 3.60. The van der Waals surface area contributed by atoms with Crippen molar-refractivity contribution in [3.05, 3.63) is 12.7 Å². The summed E-state index contributed by atoms with van der Waals surface area (Å²) < 4.78 is 7.35. The van der Waals surface area contributed by atoms with E-state index in [2.05, 4.69) is 15.0 Å². The van der Waals surface area contributed by atoms with Crippen molar-refractivity contribution < 1.29 is 19.7 Å². The van der Waals surface area contributed by atoms with E-state index in [4.69, 9.17) is 16.2 Å². The maximum Gasteiger partial charge on any atom is 0.167 e. The van der Waals surface area contributed by atoms with Gasteiger partial charge < -0.3 is 31.2 Å². The number of carbonyl (C=O) groups is 1. The summed E-state index contributed by atoms with van der Waals surface area (Å²) in [6, 6.07) is -0.484. The third-order valence-corrected chi connectivity index (χ3v) is 5.14. The lowest BCUT2D eigenvalue weighted by atomic mass is 10.1. The van der Waals surface area contributed by atoms with E-state index in [1.165, 1.54) is 29.0 Å². The number of aldehydes is 1. The molecule has 10 nitrogen and oxygen atoms in total. The molecule has 5 atom stereocenters. The lowest BCUT2D eigenvalue weighted by Gasteiger charge is -2.16. The zero-order valence-corrected chi connectivity index (χ0v) is 14.1. The second-order valence-corrected chi connectivity index (χ2v) is 6.94. The molecule has 0 saturated carbocycles. The number of ether oxygens (including phenoxy) is 1. The quantitative estimate of drug-likeness (QED) is 0.340. The van der Waals surface area contributed by atoms with Gasteiger partial charge in [0.15, 0.2) is 17.7 Å². The van der Waals surface area contributed by atoms with E-state index in [0.29, 0.717) is 35.4 Å². The van der Waals surface area contributed by atoms with Crippen molar-refractivity contribution in [3.63, 3.8) is 0 Å². The van der Waals surface area contributed by atoms with Crippen LogP contribution in [0.2, 0.25) is 0 Å². The van der Waals surface area contributed by atoms with E-state index in [0.717, 1.165) is 0 Å². The standard InChI is InChI=1S/C14H20N6O4S/c15-7(3-21)1-2-25-4-8-10(22)11(23)14(24-8)20-6-19-9-12(16)17-5-18-13(9)20/h3,5-8,10-11,14,22-23H,1-2,4,15H2,(H2,16,17,18)/t7-,8-,10?,11+,14-/m1/s1. The van der Waals surface area contributed by atoms with Gasteiger partial charge in [0.05, 0.1) is 18.5 Å². The van der Waals surface area contributed by atoms with Gasteiger partial charge in [-0.15, -0.1) is 0 Å². The predicted octanol–water partition coefficient (Wildman–Crippen LogP) is -1.32. The minimum Gasteiger partial charge on any atom is -0.387 e. The van der Waals surface area contributed by atoms with Crippen LogP contribution in [0, 0.1) is 0 Å². The summed E-state index contributed by atoms with van der Waals surface area (Å²) in [5.41, 5.74) is 12.1. The number of thioether (sulfide) groups is 1. The van der Waals surface area contributed by atoms with Gasteiger partial charge in [-0.05, 0) is 12.2 Å². The molecule has 1 saturated heterocycles. The molecule has 0 radical (unpaired) electrons. The molecule has 1 unspecified atom stereocenters.